The highest BCUT2D eigenvalue weighted by Gasteiger charge is 2.30. The van der Waals surface area contributed by atoms with Crippen LogP contribution in [0, 0.1) is 0 Å². The summed E-state index contributed by atoms with van der Waals surface area (Å²) in [6.07, 6.45) is -0.657. The third-order valence-corrected chi connectivity index (χ3v) is 11.9. The standard InChI is InChI=1S/C53H35N3O/c1-4-16-37-32(12-1)15-11-22-41(37)43-28-29-45(49-44-21-9-10-23-48(44)57-50(43)49)52-54-51(36-27-26-34-25-24-33-13-2-5-17-38(33)46(34)31-36)55-53(56-52)47-30-35-14-3-6-18-39(35)40-19-7-8-20-42(40)47/h1-31,52-53,56H,(H,54,55). The van der Waals surface area contributed by atoms with Crippen LogP contribution in [0.4, 0.5) is 0 Å². The van der Waals surface area contributed by atoms with Gasteiger partial charge in [-0.15, -0.1) is 0 Å². The minimum Gasteiger partial charge on any atom is -0.455 e. The number of nitrogens with zero attached hydrogens (tertiary/aromatic N) is 1. The number of hydrogen-bond donors (Lipinski definition) is 2. The largest absolute Gasteiger partial charge is 0.455 e. The molecule has 0 radical (unpaired) electrons. The van der Waals surface area contributed by atoms with Crippen molar-refractivity contribution < 1.29 is 4.42 Å². The summed E-state index contributed by atoms with van der Waals surface area (Å²) in [5.74, 6) is 0.843. The molecule has 12 rings (SSSR count). The van der Waals surface area contributed by atoms with Gasteiger partial charge in [-0.2, -0.15) is 0 Å². The number of nitrogens with one attached hydrogen (secondary N) is 2. The molecule has 0 bridgehead atoms. The molecule has 0 spiro atoms. The van der Waals surface area contributed by atoms with Gasteiger partial charge in [-0.05, 0) is 83.2 Å². The van der Waals surface area contributed by atoms with E-state index in [0.717, 1.165) is 55.6 Å². The predicted octanol–water partition coefficient (Wildman–Crippen LogP) is 13.4. The molecule has 268 valence electrons. The van der Waals surface area contributed by atoms with Crippen molar-refractivity contribution >= 4 is 81.6 Å². The molecule has 0 amide bonds. The second kappa shape index (κ2) is 12.6. The van der Waals surface area contributed by atoms with Crippen molar-refractivity contribution in [2.24, 2.45) is 4.99 Å². The third-order valence-electron chi connectivity index (χ3n) is 11.9. The van der Waals surface area contributed by atoms with Crippen LogP contribution in [0.15, 0.2) is 197 Å². The number of fused-ring (bicyclic) bond motifs is 10. The number of aliphatic imine (C=N–C) groups is 1. The Labute approximate surface area is 328 Å². The van der Waals surface area contributed by atoms with E-state index in [0.29, 0.717) is 0 Å². The molecule has 0 aliphatic carbocycles. The van der Waals surface area contributed by atoms with Crippen molar-refractivity contribution in [1.29, 1.82) is 0 Å². The maximum Gasteiger partial charge on any atom is 0.143 e. The lowest BCUT2D eigenvalue weighted by atomic mass is 9.92. The zero-order valence-electron chi connectivity index (χ0n) is 30.9. The van der Waals surface area contributed by atoms with Crippen molar-refractivity contribution in [2.45, 2.75) is 12.3 Å². The van der Waals surface area contributed by atoms with Crippen LogP contribution in [0.1, 0.15) is 29.0 Å². The molecule has 10 aromatic carbocycles. The van der Waals surface area contributed by atoms with Gasteiger partial charge in [0.1, 0.15) is 29.3 Å². The zero-order valence-corrected chi connectivity index (χ0v) is 30.9. The number of furan rings is 1. The molecule has 57 heavy (non-hydrogen) atoms. The summed E-state index contributed by atoms with van der Waals surface area (Å²) < 4.78 is 6.85. The van der Waals surface area contributed by atoms with E-state index in [1.807, 2.05) is 6.07 Å². The van der Waals surface area contributed by atoms with E-state index in [1.165, 1.54) is 53.9 Å². The molecule has 0 saturated carbocycles. The average Bonchev–Trinajstić information content (AvgIpc) is 3.68. The summed E-state index contributed by atoms with van der Waals surface area (Å²) in [5, 5.41) is 22.2. The van der Waals surface area contributed by atoms with Gasteiger partial charge in [-0.1, -0.05) is 170 Å². The van der Waals surface area contributed by atoms with Gasteiger partial charge in [0.25, 0.3) is 0 Å². The van der Waals surface area contributed by atoms with Crippen molar-refractivity contribution in [3.05, 3.63) is 205 Å². The summed E-state index contributed by atoms with van der Waals surface area (Å²) in [6.45, 7) is 0. The van der Waals surface area contributed by atoms with Crippen LogP contribution in [0.25, 0.3) is 86.9 Å². The molecule has 1 aromatic heterocycles. The lowest BCUT2D eigenvalue weighted by molar-refractivity contribution is 0.413. The van der Waals surface area contributed by atoms with E-state index in [-0.39, 0.29) is 12.3 Å². The van der Waals surface area contributed by atoms with Crippen molar-refractivity contribution in [2.75, 3.05) is 0 Å². The molecule has 2 heterocycles. The van der Waals surface area contributed by atoms with Gasteiger partial charge in [0.2, 0.25) is 0 Å². The molecule has 2 N–H and O–H groups in total. The van der Waals surface area contributed by atoms with Crippen LogP contribution < -0.4 is 10.6 Å². The molecule has 4 heteroatoms. The highest BCUT2D eigenvalue weighted by atomic mass is 16.3. The molecule has 1 aliphatic heterocycles. The normalized spacial score (nSPS) is 15.9. The summed E-state index contributed by atoms with van der Waals surface area (Å²) in [4.78, 5) is 5.54. The van der Waals surface area contributed by atoms with Gasteiger partial charge in [0.05, 0.1) is 0 Å². The van der Waals surface area contributed by atoms with E-state index in [4.69, 9.17) is 9.41 Å². The quantitative estimate of drug-likeness (QED) is 0.177. The Morgan fingerprint density at radius 2 is 1.04 bits per heavy atom. The third kappa shape index (κ3) is 5.08. The molecular weight excluding hydrogens is 695 g/mol. The Kier molecular flexibility index (Phi) is 7.10. The number of hydrogen-bond acceptors (Lipinski definition) is 4. The van der Waals surface area contributed by atoms with E-state index in [9.17, 15) is 0 Å². The molecule has 0 saturated heterocycles. The second-order valence-corrected chi connectivity index (χ2v) is 15.1. The Hall–Kier alpha value is -7.27. The van der Waals surface area contributed by atoms with Crippen molar-refractivity contribution in [3.63, 3.8) is 0 Å². The van der Waals surface area contributed by atoms with E-state index < -0.39 is 0 Å². The SMILES string of the molecule is c1ccc2c(-c3ccc(C4NC(c5ccc6ccc7ccccc7c6c5)=NC(c5cc6ccccc6c6ccccc56)N4)c4c3oc3ccccc34)cccc2c1. The topological polar surface area (TPSA) is 49.6 Å². The number of para-hydroxylation sites is 1. The molecule has 0 fully saturated rings. The fraction of sp³-hybridized carbons (Fsp3) is 0.0377. The van der Waals surface area contributed by atoms with Crippen LogP contribution in [0.2, 0.25) is 0 Å². The molecule has 11 aromatic rings. The second-order valence-electron chi connectivity index (χ2n) is 15.1. The number of rotatable bonds is 4. The van der Waals surface area contributed by atoms with Gasteiger partial charge in [-0.25, -0.2) is 4.99 Å². The summed E-state index contributed by atoms with van der Waals surface area (Å²) in [7, 11) is 0. The van der Waals surface area contributed by atoms with Crippen LogP contribution in [0.3, 0.4) is 0 Å². The first kappa shape index (κ1) is 32.0. The average molecular weight is 730 g/mol. The zero-order chi connectivity index (χ0) is 37.5. The molecule has 1 aliphatic rings. The van der Waals surface area contributed by atoms with Crippen LogP contribution in [-0.4, -0.2) is 5.84 Å². The maximum atomic E-state index is 6.85. The summed E-state index contributed by atoms with van der Waals surface area (Å²) >= 11 is 0. The van der Waals surface area contributed by atoms with Gasteiger partial charge in [-0.3, -0.25) is 5.32 Å². The lowest BCUT2D eigenvalue weighted by Gasteiger charge is -2.33. The first-order valence-electron chi connectivity index (χ1n) is 19.6. The molecular formula is C53H35N3O. The van der Waals surface area contributed by atoms with Gasteiger partial charge in [0, 0.05) is 27.5 Å². The maximum absolute atomic E-state index is 6.85. The van der Waals surface area contributed by atoms with Gasteiger partial charge in [0.15, 0.2) is 0 Å². The number of benzene rings is 10. The number of amidine groups is 1. The van der Waals surface area contributed by atoms with Crippen molar-refractivity contribution in [1.82, 2.24) is 10.6 Å². The molecule has 4 nitrogen and oxygen atoms in total. The smallest absolute Gasteiger partial charge is 0.143 e. The Bertz CT molecular complexity index is 3450. The molecule has 2 unspecified atom stereocenters. The molecule has 2 atom stereocenters. The highest BCUT2D eigenvalue weighted by molar-refractivity contribution is 6.15. The first-order valence-corrected chi connectivity index (χ1v) is 19.6. The Morgan fingerprint density at radius 3 is 1.86 bits per heavy atom. The Morgan fingerprint density at radius 1 is 0.421 bits per heavy atom. The lowest BCUT2D eigenvalue weighted by Crippen LogP contribution is -2.45. The monoisotopic (exact) mass is 729 g/mol. The van der Waals surface area contributed by atoms with Crippen LogP contribution >= 0.6 is 0 Å². The highest BCUT2D eigenvalue weighted by Crippen LogP contribution is 2.43. The predicted molar refractivity (Wildman–Crippen MR) is 238 cm³/mol. The first-order chi connectivity index (χ1) is 28.2. The van der Waals surface area contributed by atoms with Gasteiger partial charge >= 0.3 is 0 Å². The van der Waals surface area contributed by atoms with Crippen LogP contribution in [-0.2, 0) is 0 Å². The van der Waals surface area contributed by atoms with E-state index in [1.54, 1.807) is 0 Å². The van der Waals surface area contributed by atoms with E-state index >= 15 is 0 Å². The van der Waals surface area contributed by atoms with E-state index in [2.05, 4.69) is 193 Å². The summed E-state index contributed by atoms with van der Waals surface area (Å²) in [5.41, 5.74) is 7.26. The fourth-order valence-electron chi connectivity index (χ4n) is 9.25. The van der Waals surface area contributed by atoms with Crippen LogP contribution in [0.5, 0.6) is 0 Å². The Balaban J connectivity index is 1.09. The van der Waals surface area contributed by atoms with Crippen molar-refractivity contribution in [3.8, 4) is 11.1 Å². The minimum absolute atomic E-state index is 0.305. The van der Waals surface area contributed by atoms with Gasteiger partial charge < -0.3 is 9.73 Å². The fourth-order valence-corrected chi connectivity index (χ4v) is 9.25. The minimum atomic E-state index is -0.352. The summed E-state index contributed by atoms with van der Waals surface area (Å²) in [6, 6.07) is 67.5.